The number of rotatable bonds is 25. The molecule has 1 atom stereocenters. The van der Waals surface area contributed by atoms with Gasteiger partial charge in [-0.3, -0.25) is 23.5 Å². The second-order valence-corrected chi connectivity index (χ2v) is 32.0. The summed E-state index contributed by atoms with van der Waals surface area (Å²) in [6, 6.07) is 17.5. The number of anilines is 7. The zero-order chi connectivity index (χ0) is 74.7. The molecular formula is C72H87N16O12S5+. The molecule has 33 heteroatoms. The summed E-state index contributed by atoms with van der Waals surface area (Å²) in [5, 5.41) is 33.4. The van der Waals surface area contributed by atoms with E-state index in [1.54, 1.807) is 26.0 Å². The molecule has 3 fully saturated rings. The molecule has 28 nitrogen and oxygen atoms in total. The highest BCUT2D eigenvalue weighted by molar-refractivity contribution is 8.14. The topological polar surface area (TPSA) is 353 Å². The maximum atomic E-state index is 14.7. The second-order valence-electron chi connectivity index (χ2n) is 25.8. The molecule has 4 aromatic carbocycles. The number of allylic oxidation sites excluding steroid dienone is 1. The van der Waals surface area contributed by atoms with Crippen molar-refractivity contribution in [3.8, 4) is 11.5 Å². The number of carbonyl (C=O) groups is 4. The highest BCUT2D eigenvalue weighted by Crippen LogP contribution is 2.47. The number of fused-ring (bicyclic) bond motifs is 2. The van der Waals surface area contributed by atoms with Gasteiger partial charge in [0.1, 0.15) is 50.8 Å². The van der Waals surface area contributed by atoms with E-state index in [1.807, 2.05) is 30.3 Å². The van der Waals surface area contributed by atoms with Gasteiger partial charge in [0, 0.05) is 73.9 Å². The summed E-state index contributed by atoms with van der Waals surface area (Å²) >= 11 is 3.99. The van der Waals surface area contributed by atoms with Crippen molar-refractivity contribution in [1.82, 2.24) is 14.5 Å². The maximum Gasteiger partial charge on any atom is 0.357 e. The number of aromatic nitrogens is 2. The first-order valence-corrected chi connectivity index (χ1v) is 40.6. The molecule has 0 radical (unpaired) electrons. The third-order valence-electron chi connectivity index (χ3n) is 18.9. The zero-order valence-corrected chi connectivity index (χ0v) is 63.9. The first-order valence-electron chi connectivity index (χ1n) is 35.2. The highest BCUT2D eigenvalue weighted by Gasteiger charge is 2.50. The quantitative estimate of drug-likeness (QED) is 0.00774. The minimum atomic E-state index is -4.48. The molecule has 4 aliphatic heterocycles. The molecule has 3 amide bonds. The summed E-state index contributed by atoms with van der Waals surface area (Å²) in [6.45, 7) is 16.5. The number of Topliss-reactive ketones (excluding diaryl/α,β-unsaturated/α-hetero) is 1. The SMILES string of the molecule is CCN(CC)c1cc(NC2=CCC(C)C(Nc3cc(N(CC)CC)c(OC)cc3N=Nc3nc4c(s3)C=C(C(=O)Nc3ccc(S(=O)(=O)O)cc3)C(=O)[N+]43CCCCC3)=NC(SC3CCCCC3)=N2)c(N=Nc2nc(N3CCCCC3)c(C=C(C(C)=O)C(=O)Nc3ccc(S(=O)(=O)O)cc3)s2)cc1OC. The average molecular weight is 1530 g/mol. The number of amidine groups is 2. The van der Waals surface area contributed by atoms with Crippen molar-refractivity contribution < 1.29 is 54.6 Å². The average Bonchev–Trinajstić information content (AvgIpc) is 1.67. The van der Waals surface area contributed by atoms with Gasteiger partial charge in [-0.25, -0.2) is 19.3 Å². The number of quaternary nitrogens is 1. The Labute approximate surface area is 623 Å². The minimum Gasteiger partial charge on any atom is -0.494 e. The Hall–Kier alpha value is -9.09. The van der Waals surface area contributed by atoms with Gasteiger partial charge in [0.2, 0.25) is 10.3 Å². The lowest BCUT2D eigenvalue weighted by atomic mass is 10.00. The van der Waals surface area contributed by atoms with Crippen LogP contribution in [0.1, 0.15) is 128 Å². The van der Waals surface area contributed by atoms with Gasteiger partial charge in [0.15, 0.2) is 11.0 Å². The molecule has 11 rings (SSSR count). The first-order chi connectivity index (χ1) is 50.4. The highest BCUT2D eigenvalue weighted by atomic mass is 32.2. The van der Waals surface area contributed by atoms with Gasteiger partial charge in [-0.1, -0.05) is 60.6 Å². The Bertz CT molecular complexity index is 4720. The van der Waals surface area contributed by atoms with Crippen molar-refractivity contribution in [3.05, 3.63) is 106 Å². The number of piperidine rings is 2. The van der Waals surface area contributed by atoms with E-state index in [1.165, 1.54) is 54.7 Å². The van der Waals surface area contributed by atoms with E-state index in [4.69, 9.17) is 49.9 Å². The van der Waals surface area contributed by atoms with Crippen LogP contribution < -0.4 is 49.9 Å². The van der Waals surface area contributed by atoms with Crippen LogP contribution >= 0.6 is 34.4 Å². The largest absolute Gasteiger partial charge is 0.494 e. The number of ketones is 1. The summed E-state index contributed by atoms with van der Waals surface area (Å²) in [6.07, 6.45) is 16.0. The van der Waals surface area contributed by atoms with E-state index in [9.17, 15) is 45.1 Å². The van der Waals surface area contributed by atoms with Crippen LogP contribution in [0, 0.1) is 5.92 Å². The van der Waals surface area contributed by atoms with Crippen molar-refractivity contribution >= 4 is 169 Å². The second kappa shape index (κ2) is 34.0. The third-order valence-corrected chi connectivity index (χ3v) is 23.6. The van der Waals surface area contributed by atoms with Gasteiger partial charge in [-0.2, -0.15) is 26.8 Å². The number of benzene rings is 4. The Morgan fingerprint density at radius 1 is 0.695 bits per heavy atom. The van der Waals surface area contributed by atoms with E-state index in [2.05, 4.69) is 70.6 Å². The smallest absolute Gasteiger partial charge is 0.357 e. The molecule has 6 aromatic rings. The Morgan fingerprint density at radius 2 is 1.23 bits per heavy atom. The van der Waals surface area contributed by atoms with Crippen LogP contribution in [-0.4, -0.2) is 142 Å². The number of aliphatic imine (C=N–C) groups is 2. The molecule has 5 aliphatic rings. The van der Waals surface area contributed by atoms with Crippen molar-refractivity contribution in [2.75, 3.05) is 103 Å². The van der Waals surface area contributed by atoms with Gasteiger partial charge in [-0.15, -0.1) is 20.5 Å². The van der Waals surface area contributed by atoms with E-state index in [0.717, 1.165) is 118 Å². The van der Waals surface area contributed by atoms with E-state index in [0.29, 0.717) is 131 Å². The van der Waals surface area contributed by atoms with Crippen LogP contribution in [0.15, 0.2) is 136 Å². The van der Waals surface area contributed by atoms with E-state index < -0.39 is 43.7 Å². The lowest BCUT2D eigenvalue weighted by Crippen LogP contribution is -2.60. The number of thioether (sulfide) groups is 1. The lowest BCUT2D eigenvalue weighted by molar-refractivity contribution is -0.129. The predicted octanol–water partition coefficient (Wildman–Crippen LogP) is 15.5. The molecule has 2 saturated heterocycles. The van der Waals surface area contributed by atoms with Gasteiger partial charge in [-0.05, 0) is 171 Å². The summed E-state index contributed by atoms with van der Waals surface area (Å²) in [5.41, 5.74) is 3.74. The van der Waals surface area contributed by atoms with Gasteiger partial charge in [0.05, 0.1) is 70.3 Å². The number of hydrogen-bond donors (Lipinski definition) is 6. The number of nitrogens with zero attached hydrogens (tertiary/aromatic N) is 12. The third kappa shape index (κ3) is 18.2. The summed E-state index contributed by atoms with van der Waals surface area (Å²) < 4.78 is 77.9. The zero-order valence-electron chi connectivity index (χ0n) is 59.8. The van der Waals surface area contributed by atoms with Crippen molar-refractivity contribution in [3.63, 3.8) is 0 Å². The number of ether oxygens (including phenoxy) is 2. The predicted molar refractivity (Wildman–Crippen MR) is 417 cm³/mol. The molecule has 1 unspecified atom stereocenters. The Balaban J connectivity index is 0.940. The fourth-order valence-electron chi connectivity index (χ4n) is 13.3. The monoisotopic (exact) mass is 1530 g/mol. The molecule has 1 spiro atoms. The number of thiazole rings is 2. The minimum absolute atomic E-state index is 0.0859. The van der Waals surface area contributed by atoms with Crippen LogP contribution in [0.2, 0.25) is 0 Å². The molecule has 556 valence electrons. The van der Waals surface area contributed by atoms with E-state index >= 15 is 0 Å². The van der Waals surface area contributed by atoms with Gasteiger partial charge < -0.3 is 45.4 Å². The molecule has 105 heavy (non-hydrogen) atoms. The molecule has 6 N–H and O–H groups in total. The number of amides is 3. The molecular weight excluding hydrogens is 1440 g/mol. The normalized spacial score (nSPS) is 17.4. The molecule has 6 heterocycles. The van der Waals surface area contributed by atoms with Gasteiger partial charge >= 0.3 is 5.91 Å². The fourth-order valence-corrected chi connectivity index (χ4v) is 17.1. The standard InChI is InChI=1S/C72H86N16O12S5/c1-9-85(10-2)57-40-53(55(42-59(57)99-7)81-83-71-79-65(87-34-18-14-19-35-87)61(102-71)38-51(45(6)89)67(90)73-46-25-29-49(30-26-46)104(93,94)95)75-63-33-24-44(5)64(78-70(77-63)101-48-22-16-13-17-23-48)76-54-41-58(86(11-3)12-4)60(100-8)43-56(54)82-84-72-80-66-62(103-72)39-52(69(92)88(66)36-20-15-21-37-88)68(91)74-47-27-31-50(32-28-47)105(96,97)98/h25-33,38-44,48H,9-24,34-37H2,1-8H3,(H5-,73,74,75,76,77,78,79,80,83,84,89,90,91,92,93,94,95,96,97,98)/p+1. The van der Waals surface area contributed by atoms with Crippen LogP contribution in [0.25, 0.3) is 12.2 Å². The number of hydrogen-bond acceptors (Lipinski definition) is 26. The molecule has 1 aliphatic carbocycles. The summed E-state index contributed by atoms with van der Waals surface area (Å²) in [7, 11) is -5.75. The molecule has 2 aromatic heterocycles. The summed E-state index contributed by atoms with van der Waals surface area (Å²) in [5.74, 6) is 0.690. The summed E-state index contributed by atoms with van der Waals surface area (Å²) in [4.78, 5) is 83.5. The molecule has 1 saturated carbocycles. The lowest BCUT2D eigenvalue weighted by Gasteiger charge is -2.38. The fraction of sp³-hybridized carbons (Fsp3) is 0.417. The van der Waals surface area contributed by atoms with Crippen molar-refractivity contribution in [2.24, 2.45) is 36.4 Å². The van der Waals surface area contributed by atoms with Crippen LogP contribution in [-0.2, 0) is 39.4 Å². The van der Waals surface area contributed by atoms with Crippen LogP contribution in [0.3, 0.4) is 0 Å². The maximum absolute atomic E-state index is 14.7. The Kier molecular flexibility index (Phi) is 24.9. The van der Waals surface area contributed by atoms with Crippen LogP contribution in [0.5, 0.6) is 11.5 Å². The van der Waals surface area contributed by atoms with Crippen molar-refractivity contribution in [2.45, 2.75) is 134 Å². The number of methoxy groups -OCH3 is 2. The van der Waals surface area contributed by atoms with Crippen LogP contribution in [0.4, 0.5) is 67.4 Å². The first kappa shape index (κ1) is 77.0. The van der Waals surface area contributed by atoms with E-state index in [-0.39, 0.29) is 58.2 Å². The number of carbonyl (C=O) groups excluding carboxylic acids is 4. The van der Waals surface area contributed by atoms with Crippen molar-refractivity contribution in [1.29, 1.82) is 0 Å². The molecule has 0 bridgehead atoms. The Morgan fingerprint density at radius 3 is 1.77 bits per heavy atom. The number of nitrogens with one attached hydrogen (secondary N) is 4. The number of azo groups is 2. The van der Waals surface area contributed by atoms with Gasteiger partial charge in [0.25, 0.3) is 37.9 Å².